The molecule has 0 radical (unpaired) electrons. The molecule has 2 aliphatic heterocycles. The Morgan fingerprint density at radius 1 is 0.968 bits per heavy atom. The summed E-state index contributed by atoms with van der Waals surface area (Å²) < 4.78 is 5.51. The number of rotatable bonds is 6. The van der Waals surface area contributed by atoms with Crippen molar-refractivity contribution in [2.75, 3.05) is 51.3 Å². The summed E-state index contributed by atoms with van der Waals surface area (Å²) in [4.78, 5) is 24.4. The van der Waals surface area contributed by atoms with E-state index >= 15 is 0 Å². The molecule has 1 saturated heterocycles. The Kier molecular flexibility index (Phi) is 5.47. The highest BCUT2D eigenvalue weighted by molar-refractivity contribution is 6.00. The van der Waals surface area contributed by atoms with Crippen LogP contribution in [0.5, 0.6) is 5.75 Å². The second-order valence-electron chi connectivity index (χ2n) is 8.26. The number of carbonyl (C=O) groups is 1. The highest BCUT2D eigenvalue weighted by Crippen LogP contribution is 2.28. The zero-order valence-electron chi connectivity index (χ0n) is 18.0. The first-order valence-corrected chi connectivity index (χ1v) is 11.0. The van der Waals surface area contributed by atoms with Crippen LogP contribution < -0.4 is 9.64 Å². The molecule has 6 nitrogen and oxygen atoms in total. The number of piperazine rings is 1. The number of benzene rings is 2. The molecular formula is C25H28N4O2. The van der Waals surface area contributed by atoms with Gasteiger partial charge >= 0.3 is 0 Å². The predicted molar refractivity (Wildman–Crippen MR) is 123 cm³/mol. The number of pyridine rings is 1. The van der Waals surface area contributed by atoms with Crippen molar-refractivity contribution in [1.29, 1.82) is 0 Å². The summed E-state index contributed by atoms with van der Waals surface area (Å²) in [6.07, 6.45) is 0.980. The fraction of sp³-hybridized carbons (Fsp3) is 0.360. The molecular weight excluding hydrogens is 388 g/mol. The molecule has 1 fully saturated rings. The van der Waals surface area contributed by atoms with Crippen LogP contribution in [-0.2, 0) is 6.54 Å². The van der Waals surface area contributed by atoms with Gasteiger partial charge < -0.3 is 14.5 Å². The van der Waals surface area contributed by atoms with Gasteiger partial charge in [0, 0.05) is 38.1 Å². The SMILES string of the molecule is COc1ccccc1N1CCN(CCCN2Cc3nc4ccccc4cc3C2=O)CC1. The number of nitrogens with zero attached hydrogens (tertiary/aromatic N) is 4. The third kappa shape index (κ3) is 3.95. The van der Waals surface area contributed by atoms with Crippen molar-refractivity contribution in [3.63, 3.8) is 0 Å². The number of hydrogen-bond acceptors (Lipinski definition) is 5. The Morgan fingerprint density at radius 3 is 2.58 bits per heavy atom. The molecule has 1 aromatic heterocycles. The van der Waals surface area contributed by atoms with Crippen LogP contribution in [0.2, 0.25) is 0 Å². The van der Waals surface area contributed by atoms with Crippen molar-refractivity contribution in [1.82, 2.24) is 14.8 Å². The summed E-state index contributed by atoms with van der Waals surface area (Å²) in [5, 5.41) is 1.03. The molecule has 2 aromatic carbocycles. The number of para-hydroxylation sites is 3. The first-order chi connectivity index (χ1) is 15.2. The van der Waals surface area contributed by atoms with E-state index in [1.807, 2.05) is 47.4 Å². The molecule has 0 bridgehead atoms. The second-order valence-corrected chi connectivity index (χ2v) is 8.26. The molecule has 3 heterocycles. The lowest BCUT2D eigenvalue weighted by Gasteiger charge is -2.36. The number of amides is 1. The molecule has 160 valence electrons. The highest BCUT2D eigenvalue weighted by atomic mass is 16.5. The van der Waals surface area contributed by atoms with E-state index in [4.69, 9.17) is 9.72 Å². The van der Waals surface area contributed by atoms with Crippen molar-refractivity contribution < 1.29 is 9.53 Å². The minimum Gasteiger partial charge on any atom is -0.495 e. The van der Waals surface area contributed by atoms with Crippen LogP contribution in [-0.4, -0.2) is 67.1 Å². The van der Waals surface area contributed by atoms with E-state index in [1.165, 1.54) is 5.69 Å². The quantitative estimate of drug-likeness (QED) is 0.616. The van der Waals surface area contributed by atoms with Crippen molar-refractivity contribution in [2.24, 2.45) is 0 Å². The number of fused-ring (bicyclic) bond motifs is 2. The summed E-state index contributed by atoms with van der Waals surface area (Å²) in [5.41, 5.74) is 3.81. The van der Waals surface area contributed by atoms with Gasteiger partial charge in [-0.2, -0.15) is 0 Å². The third-order valence-corrected chi connectivity index (χ3v) is 6.36. The summed E-state index contributed by atoms with van der Waals surface area (Å²) in [5.74, 6) is 1.05. The first-order valence-electron chi connectivity index (χ1n) is 11.0. The van der Waals surface area contributed by atoms with E-state index in [-0.39, 0.29) is 5.91 Å². The smallest absolute Gasteiger partial charge is 0.256 e. The van der Waals surface area contributed by atoms with E-state index < -0.39 is 0 Å². The lowest BCUT2D eigenvalue weighted by atomic mass is 10.1. The molecule has 0 unspecified atom stereocenters. The summed E-state index contributed by atoms with van der Waals surface area (Å²) in [6, 6.07) is 18.2. The fourth-order valence-electron chi connectivity index (χ4n) is 4.65. The van der Waals surface area contributed by atoms with Crippen LogP contribution in [0.15, 0.2) is 54.6 Å². The Hall–Kier alpha value is -3.12. The molecule has 31 heavy (non-hydrogen) atoms. The molecule has 6 heteroatoms. The van der Waals surface area contributed by atoms with Crippen LogP contribution in [0.3, 0.4) is 0 Å². The van der Waals surface area contributed by atoms with Gasteiger partial charge in [-0.25, -0.2) is 0 Å². The number of ether oxygens (including phenoxy) is 1. The molecule has 0 saturated carbocycles. The number of carbonyl (C=O) groups excluding carboxylic acids is 1. The number of methoxy groups -OCH3 is 1. The molecule has 0 aliphatic carbocycles. The third-order valence-electron chi connectivity index (χ3n) is 6.36. The lowest BCUT2D eigenvalue weighted by Crippen LogP contribution is -2.47. The topological polar surface area (TPSA) is 48.9 Å². The zero-order valence-corrected chi connectivity index (χ0v) is 18.0. The summed E-state index contributed by atoms with van der Waals surface area (Å²) in [6.45, 7) is 6.45. The van der Waals surface area contributed by atoms with E-state index in [0.29, 0.717) is 6.54 Å². The van der Waals surface area contributed by atoms with Gasteiger partial charge in [0.15, 0.2) is 0 Å². The van der Waals surface area contributed by atoms with Crippen LogP contribution >= 0.6 is 0 Å². The summed E-state index contributed by atoms with van der Waals surface area (Å²) in [7, 11) is 1.73. The monoisotopic (exact) mass is 416 g/mol. The molecule has 1 amide bonds. The maximum absolute atomic E-state index is 12.8. The van der Waals surface area contributed by atoms with Gasteiger partial charge in [-0.3, -0.25) is 14.7 Å². The Morgan fingerprint density at radius 2 is 1.74 bits per heavy atom. The molecule has 2 aliphatic rings. The number of aromatic nitrogens is 1. The molecule has 0 atom stereocenters. The normalized spacial score (nSPS) is 16.7. The van der Waals surface area contributed by atoms with E-state index in [9.17, 15) is 4.79 Å². The average molecular weight is 417 g/mol. The van der Waals surface area contributed by atoms with Crippen LogP contribution in [0.25, 0.3) is 10.9 Å². The van der Waals surface area contributed by atoms with E-state index in [2.05, 4.69) is 21.9 Å². The van der Waals surface area contributed by atoms with Gasteiger partial charge in [0.1, 0.15) is 5.75 Å². The Labute approximate surface area is 183 Å². The standard InChI is InChI=1S/C25H28N4O2/c1-31-24-10-5-4-9-23(24)28-15-13-27(14-16-28)11-6-12-29-18-22-20(25(29)30)17-19-7-2-3-8-21(19)26-22/h2-5,7-10,17H,6,11-16,18H2,1H3. The maximum Gasteiger partial charge on any atom is 0.256 e. The average Bonchev–Trinajstić information content (AvgIpc) is 3.12. The fourth-order valence-corrected chi connectivity index (χ4v) is 4.65. The predicted octanol–water partition coefficient (Wildman–Crippen LogP) is 3.41. The number of anilines is 1. The Balaban J connectivity index is 1.13. The minimum atomic E-state index is 0.120. The molecule has 0 N–H and O–H groups in total. The van der Waals surface area contributed by atoms with Crippen LogP contribution in [0.4, 0.5) is 5.69 Å². The van der Waals surface area contributed by atoms with Gasteiger partial charge in [0.05, 0.1) is 36.1 Å². The van der Waals surface area contributed by atoms with E-state index in [1.54, 1.807) is 7.11 Å². The van der Waals surface area contributed by atoms with Gasteiger partial charge in [-0.15, -0.1) is 0 Å². The molecule has 5 rings (SSSR count). The zero-order chi connectivity index (χ0) is 21.2. The maximum atomic E-state index is 12.8. The van der Waals surface area contributed by atoms with Crippen LogP contribution in [0, 0.1) is 0 Å². The highest BCUT2D eigenvalue weighted by Gasteiger charge is 2.29. The largest absolute Gasteiger partial charge is 0.495 e. The van der Waals surface area contributed by atoms with Crippen LogP contribution in [0.1, 0.15) is 22.5 Å². The van der Waals surface area contributed by atoms with Crippen molar-refractivity contribution in [2.45, 2.75) is 13.0 Å². The lowest BCUT2D eigenvalue weighted by molar-refractivity contribution is 0.0770. The van der Waals surface area contributed by atoms with Gasteiger partial charge in [0.2, 0.25) is 0 Å². The molecule has 0 spiro atoms. The number of hydrogen-bond donors (Lipinski definition) is 0. The van der Waals surface area contributed by atoms with Crippen molar-refractivity contribution in [3.05, 3.63) is 65.9 Å². The van der Waals surface area contributed by atoms with E-state index in [0.717, 1.165) is 73.6 Å². The summed E-state index contributed by atoms with van der Waals surface area (Å²) >= 11 is 0. The van der Waals surface area contributed by atoms with Crippen molar-refractivity contribution >= 4 is 22.5 Å². The Bertz CT molecular complexity index is 1090. The second kappa shape index (κ2) is 8.55. The molecule has 3 aromatic rings. The van der Waals surface area contributed by atoms with Gasteiger partial charge in [-0.05, 0) is 37.2 Å². The van der Waals surface area contributed by atoms with Gasteiger partial charge in [-0.1, -0.05) is 30.3 Å². The first kappa shape index (κ1) is 19.8. The van der Waals surface area contributed by atoms with Crippen molar-refractivity contribution in [3.8, 4) is 5.75 Å². The van der Waals surface area contributed by atoms with Gasteiger partial charge in [0.25, 0.3) is 5.91 Å². The minimum absolute atomic E-state index is 0.120.